The number of rotatable bonds is 15. The van der Waals surface area contributed by atoms with E-state index in [1.54, 1.807) is 25.2 Å². The number of nitrogens with one attached hydrogen (secondary N) is 1. The lowest BCUT2D eigenvalue weighted by molar-refractivity contribution is -0.224. The maximum atomic E-state index is 14.0. The van der Waals surface area contributed by atoms with E-state index in [4.69, 9.17) is 19.0 Å². The summed E-state index contributed by atoms with van der Waals surface area (Å²) >= 11 is 0. The minimum atomic E-state index is -1.28. The van der Waals surface area contributed by atoms with Gasteiger partial charge in [-0.15, -0.1) is 0 Å². The topological polar surface area (TPSA) is 127 Å². The van der Waals surface area contributed by atoms with Crippen molar-refractivity contribution in [2.75, 3.05) is 27.2 Å². The van der Waals surface area contributed by atoms with Crippen LogP contribution < -0.4 is 5.32 Å². The molecule has 2 bridgehead atoms. The van der Waals surface area contributed by atoms with Gasteiger partial charge < -0.3 is 29.5 Å². The van der Waals surface area contributed by atoms with Crippen molar-refractivity contribution in [3.63, 3.8) is 0 Å². The predicted molar refractivity (Wildman–Crippen MR) is 166 cm³/mol. The molecule has 4 fully saturated rings. The standard InChI is InChI=1S/C34H49N3O8/c1-5-7-9-16-33(17-10-8-6-2)43-27-25-21-34(32(41)35-18-19-38)29(31(40)42-25)37(45-30(34)28(27)44-33)22-24-13-11-12-23(20-24)14-15-26(39)36(3)4/h11-15,20,25,27-30,38H,5-10,16-19,21-22H2,1-4H3,(H,35,41)/t25-,27+,28+,29-,30-,34-/m1/s1. The number of hydroxylamine groups is 2. The van der Waals surface area contributed by atoms with Gasteiger partial charge in [-0.1, -0.05) is 63.8 Å². The molecule has 248 valence electrons. The van der Waals surface area contributed by atoms with Gasteiger partial charge in [0.15, 0.2) is 11.8 Å². The lowest BCUT2D eigenvalue weighted by Crippen LogP contribution is -2.69. The largest absolute Gasteiger partial charge is 0.458 e. The molecule has 5 rings (SSSR count). The summed E-state index contributed by atoms with van der Waals surface area (Å²) < 4.78 is 19.7. The highest BCUT2D eigenvalue weighted by molar-refractivity contribution is 5.93. The molecule has 3 heterocycles. The number of aliphatic hydroxyl groups excluding tert-OH is 1. The maximum Gasteiger partial charge on any atom is 0.327 e. The zero-order valence-electron chi connectivity index (χ0n) is 27.0. The van der Waals surface area contributed by atoms with Crippen molar-refractivity contribution in [1.29, 1.82) is 0 Å². The molecule has 3 saturated heterocycles. The molecule has 1 saturated carbocycles. The Morgan fingerprint density at radius 1 is 1.09 bits per heavy atom. The molecule has 0 radical (unpaired) electrons. The van der Waals surface area contributed by atoms with Crippen molar-refractivity contribution < 1.29 is 38.5 Å². The zero-order chi connectivity index (χ0) is 32.2. The van der Waals surface area contributed by atoms with E-state index in [0.717, 1.165) is 62.5 Å². The Morgan fingerprint density at radius 2 is 1.80 bits per heavy atom. The number of esters is 1. The number of aliphatic hydroxyl groups is 1. The maximum absolute atomic E-state index is 14.0. The SMILES string of the molecule is CCCCCC1(CCCCC)O[C@@H]2[C@H](O1)[C@H]1ON(Cc3cccc(C=CC(=O)N(C)C)c3)[C@@H]3C(=O)O[C@@H]2C[C@]13C(=O)NCCO. The molecule has 0 unspecified atom stereocenters. The number of fused-ring (bicyclic) bond motifs is 4. The van der Waals surface area contributed by atoms with Gasteiger partial charge in [-0.05, 0) is 30.0 Å². The summed E-state index contributed by atoms with van der Waals surface area (Å²) in [5, 5.41) is 13.9. The van der Waals surface area contributed by atoms with E-state index < -0.39 is 47.6 Å². The average molecular weight is 628 g/mol. The third-order valence-electron chi connectivity index (χ3n) is 9.54. The summed E-state index contributed by atoms with van der Waals surface area (Å²) in [5.74, 6) is -1.84. The normalized spacial score (nSPS) is 29.9. The van der Waals surface area contributed by atoms with E-state index in [1.165, 1.54) is 11.0 Å². The molecular formula is C34H49N3O8. The number of nitrogens with zero attached hydrogens (tertiary/aromatic N) is 2. The Labute approximate surface area is 266 Å². The number of hydrogen-bond donors (Lipinski definition) is 2. The summed E-state index contributed by atoms with van der Waals surface area (Å²) in [5.41, 5.74) is 0.373. The fraction of sp³-hybridized carbons (Fsp3) is 0.676. The number of hydrogen-bond acceptors (Lipinski definition) is 9. The molecule has 1 aliphatic carbocycles. The highest BCUT2D eigenvalue weighted by atomic mass is 16.8. The second-order valence-electron chi connectivity index (χ2n) is 13.0. The van der Waals surface area contributed by atoms with Crippen LogP contribution in [0.15, 0.2) is 30.3 Å². The Balaban J connectivity index is 1.47. The average Bonchev–Trinajstić information content (AvgIpc) is 3.57. The van der Waals surface area contributed by atoms with Crippen LogP contribution in [0.2, 0.25) is 0 Å². The molecule has 6 atom stereocenters. The summed E-state index contributed by atoms with van der Waals surface area (Å²) in [7, 11) is 3.38. The van der Waals surface area contributed by atoms with E-state index >= 15 is 0 Å². The van der Waals surface area contributed by atoms with Crippen molar-refractivity contribution in [1.82, 2.24) is 15.3 Å². The van der Waals surface area contributed by atoms with Crippen molar-refractivity contribution in [3.8, 4) is 0 Å². The van der Waals surface area contributed by atoms with Gasteiger partial charge in [-0.3, -0.25) is 19.2 Å². The van der Waals surface area contributed by atoms with Crippen molar-refractivity contribution >= 4 is 23.9 Å². The van der Waals surface area contributed by atoms with Crippen LogP contribution in [0, 0.1) is 5.41 Å². The first kappa shape index (κ1) is 33.5. The molecule has 11 nitrogen and oxygen atoms in total. The van der Waals surface area contributed by atoms with Crippen LogP contribution in [0.3, 0.4) is 0 Å². The van der Waals surface area contributed by atoms with Gasteiger partial charge in [-0.25, -0.2) is 0 Å². The minimum Gasteiger partial charge on any atom is -0.458 e. The van der Waals surface area contributed by atoms with Crippen molar-refractivity contribution in [2.45, 2.75) is 114 Å². The van der Waals surface area contributed by atoms with Crippen LogP contribution in [-0.2, 0) is 40.0 Å². The van der Waals surface area contributed by atoms with Gasteiger partial charge in [0.2, 0.25) is 11.8 Å². The summed E-state index contributed by atoms with van der Waals surface area (Å²) in [4.78, 5) is 48.1. The molecule has 4 aliphatic rings. The van der Waals surface area contributed by atoms with Crippen LogP contribution in [0.5, 0.6) is 0 Å². The Morgan fingerprint density at radius 3 is 2.47 bits per heavy atom. The highest BCUT2D eigenvalue weighted by Gasteiger charge is 2.76. The number of benzene rings is 1. The first-order chi connectivity index (χ1) is 21.7. The number of carbonyl (C=O) groups excluding carboxylic acids is 3. The molecule has 1 aromatic carbocycles. The summed E-state index contributed by atoms with van der Waals surface area (Å²) in [6.07, 6.45) is 8.45. The van der Waals surface area contributed by atoms with Crippen LogP contribution >= 0.6 is 0 Å². The lowest BCUT2D eigenvalue weighted by atomic mass is 9.62. The first-order valence-electron chi connectivity index (χ1n) is 16.5. The van der Waals surface area contributed by atoms with E-state index in [-0.39, 0.29) is 37.9 Å². The van der Waals surface area contributed by atoms with Gasteiger partial charge in [0, 0.05) is 46.0 Å². The smallest absolute Gasteiger partial charge is 0.327 e. The zero-order valence-corrected chi connectivity index (χ0v) is 27.0. The van der Waals surface area contributed by atoms with Crippen LogP contribution in [0.25, 0.3) is 6.08 Å². The van der Waals surface area contributed by atoms with Crippen LogP contribution in [0.4, 0.5) is 0 Å². The number of unbranched alkanes of at least 4 members (excludes halogenated alkanes) is 4. The van der Waals surface area contributed by atoms with Gasteiger partial charge in [-0.2, -0.15) is 5.06 Å². The predicted octanol–water partition coefficient (Wildman–Crippen LogP) is 3.34. The van der Waals surface area contributed by atoms with Gasteiger partial charge in [0.1, 0.15) is 29.8 Å². The molecule has 11 heteroatoms. The Kier molecular flexibility index (Phi) is 10.7. The van der Waals surface area contributed by atoms with Gasteiger partial charge >= 0.3 is 5.97 Å². The number of carbonyl (C=O) groups is 3. The minimum absolute atomic E-state index is 0.0587. The Bertz CT molecular complexity index is 1240. The van der Waals surface area contributed by atoms with Crippen molar-refractivity contribution in [2.24, 2.45) is 5.41 Å². The monoisotopic (exact) mass is 627 g/mol. The number of likely N-dealkylation sites (N-methyl/N-ethyl adjacent to an activating group) is 1. The molecule has 1 aromatic rings. The summed E-state index contributed by atoms with van der Waals surface area (Å²) in [6, 6.07) is 6.59. The Hall–Kier alpha value is -2.83. The fourth-order valence-corrected chi connectivity index (χ4v) is 7.32. The van der Waals surface area contributed by atoms with Crippen LogP contribution in [-0.4, -0.2) is 96.3 Å². The van der Waals surface area contributed by atoms with Crippen LogP contribution in [0.1, 0.15) is 82.8 Å². The number of ether oxygens (including phenoxy) is 3. The molecule has 0 spiro atoms. The molecule has 2 N–H and O–H groups in total. The number of amides is 2. The molecule has 0 aromatic heterocycles. The fourth-order valence-electron chi connectivity index (χ4n) is 7.32. The van der Waals surface area contributed by atoms with E-state index in [0.29, 0.717) is 0 Å². The van der Waals surface area contributed by atoms with E-state index in [2.05, 4.69) is 19.2 Å². The third kappa shape index (κ3) is 6.69. The molecular weight excluding hydrogens is 578 g/mol. The third-order valence-corrected chi connectivity index (χ3v) is 9.54. The molecule has 45 heavy (non-hydrogen) atoms. The van der Waals surface area contributed by atoms with E-state index in [1.807, 2.05) is 24.3 Å². The van der Waals surface area contributed by atoms with E-state index in [9.17, 15) is 19.5 Å². The van der Waals surface area contributed by atoms with Crippen molar-refractivity contribution in [3.05, 3.63) is 41.5 Å². The summed E-state index contributed by atoms with van der Waals surface area (Å²) in [6.45, 7) is 4.36. The van der Waals surface area contributed by atoms with Gasteiger partial charge in [0.25, 0.3) is 0 Å². The molecule has 3 aliphatic heterocycles. The molecule has 2 amide bonds. The first-order valence-corrected chi connectivity index (χ1v) is 16.5. The highest BCUT2D eigenvalue weighted by Crippen LogP contribution is 2.58. The lowest BCUT2D eigenvalue weighted by Gasteiger charge is -2.48. The second-order valence-corrected chi connectivity index (χ2v) is 13.0. The van der Waals surface area contributed by atoms with Gasteiger partial charge in [0.05, 0.1) is 13.2 Å². The quantitative estimate of drug-likeness (QED) is 0.171. The second kappa shape index (κ2) is 14.3.